The molecule has 0 radical (unpaired) electrons. The van der Waals surface area contributed by atoms with Gasteiger partial charge in [-0.2, -0.15) is 0 Å². The summed E-state index contributed by atoms with van der Waals surface area (Å²) in [5, 5.41) is 22.3. The summed E-state index contributed by atoms with van der Waals surface area (Å²) in [6.07, 6.45) is 8.33. The van der Waals surface area contributed by atoms with E-state index in [0.29, 0.717) is 18.3 Å². The van der Waals surface area contributed by atoms with E-state index < -0.39 is 17.3 Å². The monoisotopic (exact) mass is 472 g/mol. The molecule has 4 nitrogen and oxygen atoms in total. The Bertz CT molecular complexity index is 925. The Hall–Kier alpha value is -0.450. The first-order valence-electron chi connectivity index (χ1n) is 14.2. The van der Waals surface area contributed by atoms with E-state index in [1.54, 1.807) is 0 Å². The van der Waals surface area contributed by atoms with Crippen molar-refractivity contribution in [3.63, 3.8) is 0 Å². The van der Waals surface area contributed by atoms with E-state index in [9.17, 15) is 15.0 Å². The Morgan fingerprint density at radius 1 is 0.794 bits per heavy atom. The van der Waals surface area contributed by atoms with E-state index in [1.165, 1.54) is 0 Å². The average Bonchev–Trinajstić information content (AvgIpc) is 2.93. The second-order valence-corrected chi connectivity index (χ2v) is 15.7. The van der Waals surface area contributed by atoms with Gasteiger partial charge in [-0.25, -0.2) is 0 Å². The minimum atomic E-state index is -0.946. The highest BCUT2D eigenvalue weighted by Gasteiger charge is 2.82. The fraction of sp³-hybridized carbons (Fsp3) is 0.967. The van der Waals surface area contributed by atoms with Gasteiger partial charge in [-0.1, -0.05) is 48.5 Å². The summed E-state index contributed by atoms with van der Waals surface area (Å²) in [6.45, 7) is 16.6. The van der Waals surface area contributed by atoms with Gasteiger partial charge in [0.1, 0.15) is 5.78 Å². The number of ketones is 1. The van der Waals surface area contributed by atoms with Crippen LogP contribution in [0.15, 0.2) is 0 Å². The first kappa shape index (κ1) is 23.9. The molecule has 0 aromatic heterocycles. The number of carbonyl (C=O) groups excluding carboxylic acids is 1. The number of fused-ring (bicyclic) bond motifs is 4. The van der Waals surface area contributed by atoms with E-state index >= 15 is 0 Å². The molecule has 34 heavy (non-hydrogen) atoms. The van der Waals surface area contributed by atoms with E-state index in [0.717, 1.165) is 57.8 Å². The van der Waals surface area contributed by atoms with Gasteiger partial charge in [-0.15, -0.1) is 0 Å². The minimum Gasteiger partial charge on any atom is -0.393 e. The van der Waals surface area contributed by atoms with Gasteiger partial charge in [-0.3, -0.25) is 4.79 Å². The molecule has 6 aliphatic rings. The number of aliphatic hydroxyl groups is 2. The SMILES string of the molecule is CC1(C)CCC23C(=O)CC4(C)C5(C)CCC6C(C)(C)C(O)CCC6(C)C5CCC4(OC2O)C3C1. The third-order valence-corrected chi connectivity index (χ3v) is 14.0. The van der Waals surface area contributed by atoms with Crippen LogP contribution in [0.25, 0.3) is 0 Å². The van der Waals surface area contributed by atoms with Crippen LogP contribution in [-0.4, -0.2) is 34.0 Å². The number of Topliss-reactive ketones (excluding diaryl/α,β-unsaturated/α-hetero) is 1. The molecule has 2 bridgehead atoms. The van der Waals surface area contributed by atoms with Crippen LogP contribution in [0, 0.1) is 50.2 Å². The molecule has 0 amide bonds. The lowest BCUT2D eigenvalue weighted by atomic mass is 9.30. The number of carbonyl (C=O) groups is 1. The van der Waals surface area contributed by atoms with Crippen LogP contribution in [0.4, 0.5) is 0 Å². The molecular formula is C30H48O4. The molecule has 0 aromatic rings. The number of hydrogen-bond acceptors (Lipinski definition) is 4. The summed E-state index contributed by atoms with van der Waals surface area (Å²) in [4.78, 5) is 14.1. The molecular weight excluding hydrogens is 424 g/mol. The van der Waals surface area contributed by atoms with Gasteiger partial charge in [-0.05, 0) is 91.3 Å². The lowest BCUT2D eigenvalue weighted by molar-refractivity contribution is -0.294. The summed E-state index contributed by atoms with van der Waals surface area (Å²) in [5.74, 6) is 1.42. The van der Waals surface area contributed by atoms with Crippen molar-refractivity contribution in [2.75, 3.05) is 0 Å². The molecule has 10 atom stereocenters. The molecule has 1 aliphatic heterocycles. The highest BCUT2D eigenvalue weighted by Crippen LogP contribution is 2.80. The Morgan fingerprint density at radius 3 is 2.18 bits per heavy atom. The van der Waals surface area contributed by atoms with Crippen molar-refractivity contribution in [3.8, 4) is 0 Å². The van der Waals surface area contributed by atoms with Crippen LogP contribution < -0.4 is 0 Å². The van der Waals surface area contributed by atoms with Crippen molar-refractivity contribution in [2.45, 2.75) is 131 Å². The molecule has 10 unspecified atom stereocenters. The van der Waals surface area contributed by atoms with E-state index in [-0.39, 0.29) is 44.9 Å². The fourth-order valence-corrected chi connectivity index (χ4v) is 11.8. The van der Waals surface area contributed by atoms with Crippen LogP contribution in [-0.2, 0) is 9.53 Å². The topological polar surface area (TPSA) is 66.8 Å². The fourth-order valence-electron chi connectivity index (χ4n) is 11.8. The molecule has 6 rings (SSSR count). The van der Waals surface area contributed by atoms with Crippen molar-refractivity contribution in [2.24, 2.45) is 50.2 Å². The number of ether oxygens (including phenoxy) is 1. The van der Waals surface area contributed by atoms with E-state index in [4.69, 9.17) is 4.74 Å². The molecule has 5 saturated carbocycles. The summed E-state index contributed by atoms with van der Waals surface area (Å²) >= 11 is 0. The van der Waals surface area contributed by atoms with Gasteiger partial charge >= 0.3 is 0 Å². The molecule has 1 heterocycles. The van der Waals surface area contributed by atoms with Gasteiger partial charge in [0.2, 0.25) is 0 Å². The number of hydrogen-bond donors (Lipinski definition) is 2. The standard InChI is InChI=1S/C30H48O4/c1-24(2)14-15-29-20(16-24)30(34-23(29)33)13-9-19-26(5)11-10-21(31)25(3,4)18(26)8-12-27(19,6)28(30,7)17-22(29)32/h18-21,23,31,33H,8-17H2,1-7H3. The molecule has 5 aliphatic carbocycles. The number of rotatable bonds is 0. The van der Waals surface area contributed by atoms with Crippen molar-refractivity contribution in [1.29, 1.82) is 0 Å². The van der Waals surface area contributed by atoms with Crippen LogP contribution in [0.5, 0.6) is 0 Å². The Kier molecular flexibility index (Phi) is 4.58. The van der Waals surface area contributed by atoms with Gasteiger partial charge in [0.15, 0.2) is 6.29 Å². The van der Waals surface area contributed by atoms with Crippen LogP contribution >= 0.6 is 0 Å². The molecule has 6 fully saturated rings. The maximum atomic E-state index is 14.1. The Balaban J connectivity index is 1.48. The van der Waals surface area contributed by atoms with Crippen molar-refractivity contribution in [1.82, 2.24) is 0 Å². The highest BCUT2D eigenvalue weighted by atomic mass is 16.6. The van der Waals surface area contributed by atoms with Crippen molar-refractivity contribution < 1.29 is 19.7 Å². The largest absolute Gasteiger partial charge is 0.393 e. The number of aliphatic hydroxyl groups excluding tert-OH is 2. The van der Waals surface area contributed by atoms with E-state index in [1.807, 2.05) is 0 Å². The molecule has 1 saturated heterocycles. The third kappa shape index (κ3) is 2.37. The lowest BCUT2D eigenvalue weighted by Crippen LogP contribution is -2.73. The normalized spacial score (nSPS) is 59.4. The van der Waals surface area contributed by atoms with Crippen molar-refractivity contribution in [3.05, 3.63) is 0 Å². The Labute approximate surface area is 206 Å². The molecule has 2 N–H and O–H groups in total. The predicted octanol–water partition coefficient (Wildman–Crippen LogP) is 5.88. The summed E-state index contributed by atoms with van der Waals surface area (Å²) < 4.78 is 6.82. The van der Waals surface area contributed by atoms with Gasteiger partial charge in [0.25, 0.3) is 0 Å². The van der Waals surface area contributed by atoms with Gasteiger partial charge in [0, 0.05) is 17.8 Å². The van der Waals surface area contributed by atoms with E-state index in [2.05, 4.69) is 48.5 Å². The zero-order valence-corrected chi connectivity index (χ0v) is 22.7. The third-order valence-electron chi connectivity index (χ3n) is 14.0. The van der Waals surface area contributed by atoms with Gasteiger partial charge in [0.05, 0.1) is 17.1 Å². The second kappa shape index (κ2) is 6.51. The Morgan fingerprint density at radius 2 is 1.47 bits per heavy atom. The maximum Gasteiger partial charge on any atom is 0.168 e. The second-order valence-electron chi connectivity index (χ2n) is 15.7. The average molecular weight is 473 g/mol. The summed E-state index contributed by atoms with van der Waals surface area (Å²) in [7, 11) is 0. The quantitative estimate of drug-likeness (QED) is 0.462. The first-order valence-corrected chi connectivity index (χ1v) is 14.2. The zero-order chi connectivity index (χ0) is 24.7. The minimum absolute atomic E-state index is 0.0116. The van der Waals surface area contributed by atoms with Crippen LogP contribution in [0.2, 0.25) is 0 Å². The summed E-state index contributed by atoms with van der Waals surface area (Å²) in [6, 6.07) is 0. The molecule has 0 aromatic carbocycles. The maximum absolute atomic E-state index is 14.1. The first-order chi connectivity index (χ1) is 15.6. The smallest absolute Gasteiger partial charge is 0.168 e. The molecule has 192 valence electrons. The zero-order valence-electron chi connectivity index (χ0n) is 22.7. The predicted molar refractivity (Wildman–Crippen MR) is 132 cm³/mol. The van der Waals surface area contributed by atoms with Crippen LogP contribution in [0.1, 0.15) is 113 Å². The van der Waals surface area contributed by atoms with Crippen molar-refractivity contribution >= 4 is 5.78 Å². The molecule has 1 spiro atoms. The summed E-state index contributed by atoms with van der Waals surface area (Å²) in [5.41, 5.74) is -1.10. The molecule has 4 heteroatoms. The van der Waals surface area contributed by atoms with Gasteiger partial charge < -0.3 is 14.9 Å². The van der Waals surface area contributed by atoms with Crippen LogP contribution in [0.3, 0.4) is 0 Å². The highest BCUT2D eigenvalue weighted by molar-refractivity contribution is 5.89. The lowest BCUT2D eigenvalue weighted by Gasteiger charge is -2.74.